The SMILES string of the molecule is CC(C)NC(=O)C1(Cc2cccc(-c3ccccc3)c2)CCCN(C(=O)C2CC2)C1. The predicted molar refractivity (Wildman–Crippen MR) is 120 cm³/mol. The Morgan fingerprint density at radius 3 is 2.50 bits per heavy atom. The van der Waals surface area contributed by atoms with Crippen molar-refractivity contribution in [3.63, 3.8) is 0 Å². The zero-order valence-electron chi connectivity index (χ0n) is 18.1. The Labute approximate surface area is 179 Å². The highest BCUT2D eigenvalue weighted by atomic mass is 16.2. The first-order valence-electron chi connectivity index (χ1n) is 11.2. The smallest absolute Gasteiger partial charge is 0.228 e. The van der Waals surface area contributed by atoms with E-state index in [0.29, 0.717) is 13.0 Å². The first-order valence-corrected chi connectivity index (χ1v) is 11.2. The van der Waals surface area contributed by atoms with E-state index in [1.54, 1.807) is 0 Å². The van der Waals surface area contributed by atoms with Gasteiger partial charge in [0, 0.05) is 25.0 Å². The lowest BCUT2D eigenvalue weighted by molar-refractivity contribution is -0.142. The number of carbonyl (C=O) groups is 2. The van der Waals surface area contributed by atoms with Gasteiger partial charge in [0.1, 0.15) is 0 Å². The van der Waals surface area contributed by atoms with Gasteiger partial charge >= 0.3 is 0 Å². The van der Waals surface area contributed by atoms with Crippen LogP contribution < -0.4 is 5.32 Å². The second-order valence-corrected chi connectivity index (χ2v) is 9.29. The summed E-state index contributed by atoms with van der Waals surface area (Å²) < 4.78 is 0. The number of carbonyl (C=O) groups excluding carboxylic acids is 2. The average Bonchev–Trinajstić information content (AvgIpc) is 3.59. The number of piperidine rings is 1. The van der Waals surface area contributed by atoms with Crippen LogP contribution >= 0.6 is 0 Å². The van der Waals surface area contributed by atoms with E-state index >= 15 is 0 Å². The summed E-state index contributed by atoms with van der Waals surface area (Å²) in [6.07, 6.45) is 4.35. The van der Waals surface area contributed by atoms with Crippen LogP contribution in [0.1, 0.15) is 45.1 Å². The van der Waals surface area contributed by atoms with E-state index in [0.717, 1.165) is 43.4 Å². The number of hydrogen-bond acceptors (Lipinski definition) is 2. The standard InChI is InChI=1S/C26H32N2O2/c1-19(2)27-25(30)26(14-7-15-28(18-26)24(29)22-12-13-22)17-20-8-6-11-23(16-20)21-9-4-3-5-10-21/h3-6,8-11,16,19,22H,7,12-15,17-18H2,1-2H3,(H,27,30). The van der Waals surface area contributed by atoms with Crippen LogP contribution in [-0.4, -0.2) is 35.8 Å². The lowest BCUT2D eigenvalue weighted by atomic mass is 9.73. The third kappa shape index (κ3) is 4.58. The molecule has 0 aromatic heterocycles. The molecule has 1 atom stereocenters. The summed E-state index contributed by atoms with van der Waals surface area (Å²) in [7, 11) is 0. The lowest BCUT2D eigenvalue weighted by Crippen LogP contribution is -2.55. The molecule has 2 amide bonds. The number of benzene rings is 2. The molecule has 2 aliphatic rings. The molecule has 2 fully saturated rings. The molecule has 158 valence electrons. The van der Waals surface area contributed by atoms with Crippen LogP contribution in [0.25, 0.3) is 11.1 Å². The summed E-state index contributed by atoms with van der Waals surface area (Å²) in [5, 5.41) is 3.15. The molecule has 4 heteroatoms. The van der Waals surface area contributed by atoms with Crippen molar-refractivity contribution in [3.8, 4) is 11.1 Å². The molecule has 4 rings (SSSR count). The van der Waals surface area contributed by atoms with E-state index in [9.17, 15) is 9.59 Å². The molecule has 2 aromatic rings. The van der Waals surface area contributed by atoms with Crippen molar-refractivity contribution in [2.24, 2.45) is 11.3 Å². The van der Waals surface area contributed by atoms with Crippen molar-refractivity contribution in [1.29, 1.82) is 0 Å². The minimum absolute atomic E-state index is 0.0795. The largest absolute Gasteiger partial charge is 0.353 e. The number of amides is 2. The molecule has 1 saturated heterocycles. The van der Waals surface area contributed by atoms with Gasteiger partial charge in [0.05, 0.1) is 5.41 Å². The van der Waals surface area contributed by atoms with Gasteiger partial charge in [0.15, 0.2) is 0 Å². The Morgan fingerprint density at radius 1 is 1.07 bits per heavy atom. The summed E-state index contributed by atoms with van der Waals surface area (Å²) in [5.74, 6) is 0.515. The Morgan fingerprint density at radius 2 is 1.80 bits per heavy atom. The first kappa shape index (κ1) is 20.6. The molecular weight excluding hydrogens is 372 g/mol. The van der Waals surface area contributed by atoms with Crippen molar-refractivity contribution in [2.45, 2.75) is 52.0 Å². The normalized spacial score (nSPS) is 21.5. The van der Waals surface area contributed by atoms with Gasteiger partial charge in [-0.25, -0.2) is 0 Å². The Bertz CT molecular complexity index is 904. The summed E-state index contributed by atoms with van der Waals surface area (Å²) in [6.45, 7) is 5.29. The maximum atomic E-state index is 13.4. The topological polar surface area (TPSA) is 49.4 Å². The van der Waals surface area contributed by atoms with Gasteiger partial charge < -0.3 is 10.2 Å². The Balaban J connectivity index is 1.62. The van der Waals surface area contributed by atoms with E-state index in [-0.39, 0.29) is 23.8 Å². The van der Waals surface area contributed by atoms with Crippen molar-refractivity contribution in [3.05, 3.63) is 60.2 Å². The van der Waals surface area contributed by atoms with Crippen LogP contribution in [0, 0.1) is 11.3 Å². The van der Waals surface area contributed by atoms with E-state index in [4.69, 9.17) is 0 Å². The Kier molecular flexibility index (Phi) is 5.94. The van der Waals surface area contributed by atoms with Crippen LogP contribution in [0.4, 0.5) is 0 Å². The number of nitrogens with zero attached hydrogens (tertiary/aromatic N) is 1. The van der Waals surface area contributed by atoms with E-state index in [1.165, 1.54) is 5.56 Å². The first-order chi connectivity index (χ1) is 14.5. The van der Waals surface area contributed by atoms with Crippen LogP contribution in [0.15, 0.2) is 54.6 Å². The maximum Gasteiger partial charge on any atom is 0.228 e. The van der Waals surface area contributed by atoms with Gasteiger partial charge in [-0.2, -0.15) is 0 Å². The molecule has 0 spiro atoms. The molecule has 1 heterocycles. The predicted octanol–water partition coefficient (Wildman–Crippen LogP) is 4.44. The zero-order chi connectivity index (χ0) is 21.1. The highest BCUT2D eigenvalue weighted by Gasteiger charge is 2.45. The number of hydrogen-bond donors (Lipinski definition) is 1. The zero-order valence-corrected chi connectivity index (χ0v) is 18.1. The molecule has 1 unspecified atom stereocenters. The maximum absolute atomic E-state index is 13.4. The fourth-order valence-electron chi connectivity index (χ4n) is 4.62. The fraction of sp³-hybridized carbons (Fsp3) is 0.462. The van der Waals surface area contributed by atoms with Crippen LogP contribution in [0.2, 0.25) is 0 Å². The second-order valence-electron chi connectivity index (χ2n) is 9.29. The summed E-state index contributed by atoms with van der Waals surface area (Å²) in [5.41, 5.74) is 2.92. The fourth-order valence-corrected chi connectivity index (χ4v) is 4.62. The van der Waals surface area contributed by atoms with Gasteiger partial charge in [-0.15, -0.1) is 0 Å². The molecule has 1 N–H and O–H groups in total. The third-order valence-corrected chi connectivity index (χ3v) is 6.29. The van der Waals surface area contributed by atoms with Crippen LogP contribution in [-0.2, 0) is 16.0 Å². The van der Waals surface area contributed by atoms with Gasteiger partial charge in [-0.05, 0) is 62.6 Å². The van der Waals surface area contributed by atoms with Crippen molar-refractivity contribution in [2.75, 3.05) is 13.1 Å². The molecule has 0 radical (unpaired) electrons. The molecule has 2 aromatic carbocycles. The average molecular weight is 405 g/mol. The van der Waals surface area contributed by atoms with Crippen LogP contribution in [0.5, 0.6) is 0 Å². The van der Waals surface area contributed by atoms with Crippen molar-refractivity contribution < 1.29 is 9.59 Å². The van der Waals surface area contributed by atoms with E-state index in [2.05, 4.69) is 41.7 Å². The van der Waals surface area contributed by atoms with E-state index in [1.807, 2.05) is 36.9 Å². The third-order valence-electron chi connectivity index (χ3n) is 6.29. The summed E-state index contributed by atoms with van der Waals surface area (Å²) in [4.78, 5) is 28.1. The lowest BCUT2D eigenvalue weighted by Gasteiger charge is -2.42. The summed E-state index contributed by atoms with van der Waals surface area (Å²) >= 11 is 0. The highest BCUT2D eigenvalue weighted by Crippen LogP contribution is 2.38. The van der Waals surface area contributed by atoms with Crippen molar-refractivity contribution in [1.82, 2.24) is 10.2 Å². The van der Waals surface area contributed by atoms with Crippen molar-refractivity contribution >= 4 is 11.8 Å². The van der Waals surface area contributed by atoms with Gasteiger partial charge in [-0.3, -0.25) is 9.59 Å². The molecule has 30 heavy (non-hydrogen) atoms. The Hall–Kier alpha value is -2.62. The number of nitrogens with one attached hydrogen (secondary N) is 1. The minimum Gasteiger partial charge on any atom is -0.353 e. The summed E-state index contributed by atoms with van der Waals surface area (Å²) in [6, 6.07) is 18.9. The second kappa shape index (κ2) is 8.63. The molecule has 1 aliphatic heterocycles. The number of likely N-dealkylation sites (tertiary alicyclic amines) is 1. The van der Waals surface area contributed by atoms with Gasteiger partial charge in [-0.1, -0.05) is 54.6 Å². The van der Waals surface area contributed by atoms with Gasteiger partial charge in [0.25, 0.3) is 0 Å². The van der Waals surface area contributed by atoms with Gasteiger partial charge in [0.2, 0.25) is 11.8 Å². The molecular formula is C26H32N2O2. The highest BCUT2D eigenvalue weighted by molar-refractivity contribution is 5.86. The van der Waals surface area contributed by atoms with E-state index < -0.39 is 5.41 Å². The molecule has 1 saturated carbocycles. The molecule has 1 aliphatic carbocycles. The number of rotatable bonds is 6. The van der Waals surface area contributed by atoms with Crippen LogP contribution in [0.3, 0.4) is 0 Å². The molecule has 0 bridgehead atoms. The molecule has 4 nitrogen and oxygen atoms in total. The monoisotopic (exact) mass is 404 g/mol. The quantitative estimate of drug-likeness (QED) is 0.774. The minimum atomic E-state index is -0.567.